The third-order valence-electron chi connectivity index (χ3n) is 3.65. The lowest BCUT2D eigenvalue weighted by molar-refractivity contribution is -0.116. The molecule has 3 rings (SSSR count). The van der Waals surface area contributed by atoms with Crippen LogP contribution in [0.25, 0.3) is 0 Å². The summed E-state index contributed by atoms with van der Waals surface area (Å²) in [5.74, 6) is 0.604. The third-order valence-corrected chi connectivity index (χ3v) is 4.90. The molecule has 0 fully saturated rings. The number of anilines is 1. The number of hydrogen-bond donors (Lipinski definition) is 0. The third kappa shape index (κ3) is 3.09. The number of benzene rings is 2. The summed E-state index contributed by atoms with van der Waals surface area (Å²) >= 11 is 7.42. The standard InChI is InChI=1S/C17H16ClNOS/c1-12-10-13-4-2-3-5-16(13)19(12)17(20)11-21-15-8-6-14(18)7-9-15/h2-9,12H,10-11H2,1H3/t12-/m1/s1. The molecule has 4 heteroatoms. The minimum absolute atomic E-state index is 0.160. The number of halogens is 1. The van der Waals surface area contributed by atoms with Gasteiger partial charge in [0.25, 0.3) is 0 Å². The van der Waals surface area contributed by atoms with E-state index in [2.05, 4.69) is 13.0 Å². The number of fused-ring (bicyclic) bond motifs is 1. The van der Waals surface area contributed by atoms with E-state index >= 15 is 0 Å². The van der Waals surface area contributed by atoms with Crippen LogP contribution in [-0.2, 0) is 11.2 Å². The molecule has 0 N–H and O–H groups in total. The second-order valence-electron chi connectivity index (χ2n) is 5.19. The van der Waals surface area contributed by atoms with Crippen molar-refractivity contribution in [3.63, 3.8) is 0 Å². The molecule has 108 valence electrons. The van der Waals surface area contributed by atoms with E-state index in [1.165, 1.54) is 5.56 Å². The van der Waals surface area contributed by atoms with Crippen LogP contribution in [0.5, 0.6) is 0 Å². The smallest absolute Gasteiger partial charge is 0.237 e. The second-order valence-corrected chi connectivity index (χ2v) is 6.67. The van der Waals surface area contributed by atoms with Crippen molar-refractivity contribution in [2.45, 2.75) is 24.3 Å². The zero-order chi connectivity index (χ0) is 14.8. The first-order chi connectivity index (χ1) is 10.1. The number of thioether (sulfide) groups is 1. The van der Waals surface area contributed by atoms with Gasteiger partial charge in [-0.3, -0.25) is 4.79 Å². The van der Waals surface area contributed by atoms with Crippen molar-refractivity contribution in [3.05, 3.63) is 59.1 Å². The maximum Gasteiger partial charge on any atom is 0.237 e. The Bertz CT molecular complexity index is 656. The number of para-hydroxylation sites is 1. The van der Waals surface area contributed by atoms with E-state index in [0.29, 0.717) is 10.8 Å². The molecule has 0 saturated heterocycles. The molecule has 0 aliphatic carbocycles. The van der Waals surface area contributed by atoms with Crippen LogP contribution in [0, 0.1) is 0 Å². The molecule has 0 radical (unpaired) electrons. The molecule has 21 heavy (non-hydrogen) atoms. The minimum Gasteiger partial charge on any atom is -0.308 e. The fourth-order valence-electron chi connectivity index (χ4n) is 2.69. The van der Waals surface area contributed by atoms with Gasteiger partial charge in [0, 0.05) is 21.6 Å². The number of carbonyl (C=O) groups is 1. The van der Waals surface area contributed by atoms with E-state index in [-0.39, 0.29) is 11.9 Å². The molecule has 0 aromatic heterocycles. The maximum absolute atomic E-state index is 12.5. The van der Waals surface area contributed by atoms with Crippen LogP contribution in [0.2, 0.25) is 5.02 Å². The van der Waals surface area contributed by atoms with Gasteiger partial charge in [-0.1, -0.05) is 29.8 Å². The number of hydrogen-bond acceptors (Lipinski definition) is 2. The normalized spacial score (nSPS) is 16.9. The summed E-state index contributed by atoms with van der Waals surface area (Å²) in [4.78, 5) is 15.5. The lowest BCUT2D eigenvalue weighted by Gasteiger charge is -2.22. The highest BCUT2D eigenvalue weighted by molar-refractivity contribution is 8.00. The van der Waals surface area contributed by atoms with Gasteiger partial charge in [0.2, 0.25) is 5.91 Å². The minimum atomic E-state index is 0.160. The Balaban J connectivity index is 1.70. The Morgan fingerprint density at radius 3 is 2.71 bits per heavy atom. The topological polar surface area (TPSA) is 20.3 Å². The van der Waals surface area contributed by atoms with Gasteiger partial charge < -0.3 is 4.90 Å². The summed E-state index contributed by atoms with van der Waals surface area (Å²) in [5, 5.41) is 0.716. The SMILES string of the molecule is C[C@@H]1Cc2ccccc2N1C(=O)CSc1ccc(Cl)cc1. The molecule has 2 aromatic rings. The number of carbonyl (C=O) groups excluding carboxylic acids is 1. The molecule has 1 amide bonds. The molecule has 1 aliphatic heterocycles. The van der Waals surface area contributed by atoms with Crippen molar-refractivity contribution in [2.75, 3.05) is 10.7 Å². The Kier molecular flexibility index (Phi) is 4.22. The second kappa shape index (κ2) is 6.12. The summed E-state index contributed by atoms with van der Waals surface area (Å²) in [5.41, 5.74) is 2.32. The van der Waals surface area contributed by atoms with Crippen molar-refractivity contribution in [3.8, 4) is 0 Å². The van der Waals surface area contributed by atoms with Crippen molar-refractivity contribution in [1.82, 2.24) is 0 Å². The molecule has 1 aliphatic rings. The van der Waals surface area contributed by atoms with Crippen molar-refractivity contribution in [2.24, 2.45) is 0 Å². The van der Waals surface area contributed by atoms with Gasteiger partial charge in [-0.05, 0) is 49.2 Å². The molecule has 0 unspecified atom stereocenters. The molecular weight excluding hydrogens is 302 g/mol. The van der Waals surface area contributed by atoms with Crippen LogP contribution in [0.15, 0.2) is 53.4 Å². The first-order valence-electron chi connectivity index (χ1n) is 6.93. The van der Waals surface area contributed by atoms with Crippen LogP contribution in [0.4, 0.5) is 5.69 Å². The summed E-state index contributed by atoms with van der Waals surface area (Å²) in [6.07, 6.45) is 0.938. The zero-order valence-electron chi connectivity index (χ0n) is 11.8. The largest absolute Gasteiger partial charge is 0.308 e. The highest BCUT2D eigenvalue weighted by atomic mass is 35.5. The monoisotopic (exact) mass is 317 g/mol. The van der Waals surface area contributed by atoms with Gasteiger partial charge in [-0.2, -0.15) is 0 Å². The quantitative estimate of drug-likeness (QED) is 0.782. The van der Waals surface area contributed by atoms with Crippen molar-refractivity contribution >= 4 is 35.0 Å². The fraction of sp³-hybridized carbons (Fsp3) is 0.235. The Morgan fingerprint density at radius 2 is 1.95 bits per heavy atom. The van der Waals surface area contributed by atoms with Gasteiger partial charge in [0.05, 0.1) is 5.75 Å². The van der Waals surface area contributed by atoms with E-state index < -0.39 is 0 Å². The van der Waals surface area contributed by atoms with Crippen LogP contribution >= 0.6 is 23.4 Å². The Hall–Kier alpha value is -1.45. The Labute approximate surface area is 134 Å². The van der Waals surface area contributed by atoms with Crippen LogP contribution in [0.1, 0.15) is 12.5 Å². The van der Waals surface area contributed by atoms with E-state index in [0.717, 1.165) is 17.0 Å². The lowest BCUT2D eigenvalue weighted by atomic mass is 10.1. The number of amides is 1. The molecule has 2 nitrogen and oxygen atoms in total. The average Bonchev–Trinajstić information content (AvgIpc) is 2.82. The summed E-state index contributed by atoms with van der Waals surface area (Å²) in [6.45, 7) is 2.10. The molecule has 0 bridgehead atoms. The lowest BCUT2D eigenvalue weighted by Crippen LogP contribution is -2.36. The predicted octanol–water partition coefficient (Wildman–Crippen LogP) is 4.41. The molecular formula is C17H16ClNOS. The highest BCUT2D eigenvalue weighted by Crippen LogP contribution is 2.32. The summed E-state index contributed by atoms with van der Waals surface area (Å²) in [6, 6.07) is 16.0. The molecule has 1 atom stereocenters. The van der Waals surface area contributed by atoms with Crippen molar-refractivity contribution in [1.29, 1.82) is 0 Å². The highest BCUT2D eigenvalue weighted by Gasteiger charge is 2.30. The van der Waals surface area contributed by atoms with Gasteiger partial charge in [-0.15, -0.1) is 11.8 Å². The molecule has 0 saturated carbocycles. The van der Waals surface area contributed by atoms with Crippen LogP contribution < -0.4 is 4.90 Å². The zero-order valence-corrected chi connectivity index (χ0v) is 13.3. The molecule has 0 spiro atoms. The number of nitrogens with zero attached hydrogens (tertiary/aromatic N) is 1. The Morgan fingerprint density at radius 1 is 1.24 bits per heavy atom. The first kappa shape index (κ1) is 14.5. The maximum atomic E-state index is 12.5. The van der Waals surface area contributed by atoms with Gasteiger partial charge in [-0.25, -0.2) is 0 Å². The van der Waals surface area contributed by atoms with Crippen molar-refractivity contribution < 1.29 is 4.79 Å². The number of rotatable bonds is 3. The van der Waals surface area contributed by atoms with Gasteiger partial charge in [0.15, 0.2) is 0 Å². The van der Waals surface area contributed by atoms with Gasteiger partial charge in [0.1, 0.15) is 0 Å². The van der Waals surface area contributed by atoms with Crippen LogP contribution in [-0.4, -0.2) is 17.7 Å². The molecule has 1 heterocycles. The molecule has 2 aromatic carbocycles. The van der Waals surface area contributed by atoms with E-state index in [1.54, 1.807) is 11.8 Å². The van der Waals surface area contributed by atoms with Gasteiger partial charge >= 0.3 is 0 Å². The fourth-order valence-corrected chi connectivity index (χ4v) is 3.57. The van der Waals surface area contributed by atoms with E-state index in [9.17, 15) is 4.79 Å². The summed E-state index contributed by atoms with van der Waals surface area (Å²) in [7, 11) is 0. The van der Waals surface area contributed by atoms with E-state index in [1.807, 2.05) is 47.4 Å². The predicted molar refractivity (Wildman–Crippen MR) is 89.3 cm³/mol. The first-order valence-corrected chi connectivity index (χ1v) is 8.30. The van der Waals surface area contributed by atoms with Crippen LogP contribution in [0.3, 0.4) is 0 Å². The van der Waals surface area contributed by atoms with E-state index in [4.69, 9.17) is 11.6 Å². The average molecular weight is 318 g/mol. The summed E-state index contributed by atoms with van der Waals surface area (Å²) < 4.78 is 0.